The molecule has 26 heavy (non-hydrogen) atoms. The van der Waals surface area contributed by atoms with E-state index < -0.39 is 0 Å². The summed E-state index contributed by atoms with van der Waals surface area (Å²) in [6.45, 7) is 10.4. The van der Waals surface area contributed by atoms with Gasteiger partial charge in [0.05, 0.1) is 11.0 Å². The minimum atomic E-state index is 0. The average molecular weight is 473 g/mol. The Kier molecular flexibility index (Phi) is 11.3. The zero-order chi connectivity index (χ0) is 17.9. The highest BCUT2D eigenvalue weighted by molar-refractivity contribution is 14.0. The largest absolute Gasteiger partial charge is 0.381 e. The van der Waals surface area contributed by atoms with Gasteiger partial charge in [0.25, 0.3) is 0 Å². The number of imidazole rings is 1. The predicted molar refractivity (Wildman–Crippen MR) is 119 cm³/mol. The van der Waals surface area contributed by atoms with Gasteiger partial charge in [-0.2, -0.15) is 0 Å². The van der Waals surface area contributed by atoms with Gasteiger partial charge in [-0.3, -0.25) is 4.99 Å². The number of aliphatic imine (C=N–C) groups is 1. The van der Waals surface area contributed by atoms with Gasteiger partial charge >= 0.3 is 0 Å². The molecular formula is C19H32IN5O. The van der Waals surface area contributed by atoms with E-state index in [1.54, 1.807) is 0 Å². The number of rotatable bonds is 10. The molecule has 2 aromatic rings. The van der Waals surface area contributed by atoms with Crippen molar-refractivity contribution < 1.29 is 4.74 Å². The van der Waals surface area contributed by atoms with Crippen molar-refractivity contribution in [2.75, 3.05) is 32.8 Å². The first-order valence-corrected chi connectivity index (χ1v) is 9.22. The molecule has 0 saturated carbocycles. The molecule has 0 aliphatic carbocycles. The van der Waals surface area contributed by atoms with Crippen LogP contribution in [0.5, 0.6) is 0 Å². The minimum Gasteiger partial charge on any atom is -0.381 e. The van der Waals surface area contributed by atoms with E-state index in [4.69, 9.17) is 4.74 Å². The van der Waals surface area contributed by atoms with Crippen molar-refractivity contribution in [3.8, 4) is 0 Å². The van der Waals surface area contributed by atoms with E-state index in [0.29, 0.717) is 5.92 Å². The number of guanidine groups is 1. The first-order chi connectivity index (χ1) is 12.2. The Morgan fingerprint density at radius 3 is 2.81 bits per heavy atom. The number of hydrogen-bond acceptors (Lipinski definition) is 3. The second-order valence-corrected chi connectivity index (χ2v) is 6.46. The lowest BCUT2D eigenvalue weighted by atomic mass is 10.2. The standard InChI is InChI=1S/C19H31N5O.HI/c1-4-20-19(21-11-7-13-25-14-15(2)3)22-12-10-18-23-16-8-5-6-9-17(16)24-18;/h5-6,8-9,15H,4,7,10-14H2,1-3H3,(H,23,24)(H2,20,21,22);1H. The van der Waals surface area contributed by atoms with Crippen LogP contribution in [0.1, 0.15) is 33.0 Å². The topological polar surface area (TPSA) is 74.3 Å². The Bertz CT molecular complexity index is 623. The SMILES string of the molecule is CCNC(=NCCCOCC(C)C)NCCc1nc2ccccc2[nH]1.I. The summed E-state index contributed by atoms with van der Waals surface area (Å²) in [6.07, 6.45) is 1.77. The van der Waals surface area contributed by atoms with Gasteiger partial charge in [-0.25, -0.2) is 4.98 Å². The highest BCUT2D eigenvalue weighted by atomic mass is 127. The van der Waals surface area contributed by atoms with Gasteiger partial charge in [0, 0.05) is 39.3 Å². The summed E-state index contributed by atoms with van der Waals surface area (Å²) < 4.78 is 5.58. The van der Waals surface area contributed by atoms with Gasteiger partial charge in [-0.05, 0) is 31.4 Å². The van der Waals surface area contributed by atoms with Crippen molar-refractivity contribution in [2.45, 2.75) is 33.6 Å². The first kappa shape index (κ1) is 22.7. The molecule has 6 nitrogen and oxygen atoms in total. The third-order valence-corrected chi connectivity index (χ3v) is 3.60. The van der Waals surface area contributed by atoms with Crippen molar-refractivity contribution in [3.63, 3.8) is 0 Å². The number of aromatic nitrogens is 2. The number of para-hydroxylation sites is 2. The molecule has 0 aliphatic rings. The summed E-state index contributed by atoms with van der Waals surface area (Å²) >= 11 is 0. The maximum atomic E-state index is 5.58. The first-order valence-electron chi connectivity index (χ1n) is 9.22. The molecule has 0 radical (unpaired) electrons. The normalized spacial score (nSPS) is 11.6. The van der Waals surface area contributed by atoms with Crippen molar-refractivity contribution >= 4 is 41.0 Å². The van der Waals surface area contributed by atoms with E-state index in [1.165, 1.54) is 0 Å². The highest BCUT2D eigenvalue weighted by Gasteiger charge is 2.03. The van der Waals surface area contributed by atoms with Gasteiger partial charge in [-0.1, -0.05) is 26.0 Å². The molecule has 2 rings (SSSR count). The second-order valence-electron chi connectivity index (χ2n) is 6.46. The third kappa shape index (κ3) is 8.35. The van der Waals surface area contributed by atoms with Gasteiger partial charge in [0.1, 0.15) is 5.82 Å². The Balaban J connectivity index is 0.00000338. The van der Waals surface area contributed by atoms with Crippen molar-refractivity contribution in [3.05, 3.63) is 30.1 Å². The molecule has 0 fully saturated rings. The van der Waals surface area contributed by atoms with Crippen molar-refractivity contribution in [1.29, 1.82) is 0 Å². The maximum Gasteiger partial charge on any atom is 0.191 e. The zero-order valence-corrected chi connectivity index (χ0v) is 18.4. The summed E-state index contributed by atoms with van der Waals surface area (Å²) in [6, 6.07) is 8.09. The molecule has 0 unspecified atom stereocenters. The molecule has 0 atom stereocenters. The number of halogens is 1. The Morgan fingerprint density at radius 1 is 1.27 bits per heavy atom. The van der Waals surface area contributed by atoms with Crippen LogP contribution in [-0.4, -0.2) is 48.8 Å². The number of ether oxygens (including phenoxy) is 1. The fourth-order valence-electron chi connectivity index (χ4n) is 2.44. The van der Waals surface area contributed by atoms with E-state index >= 15 is 0 Å². The summed E-state index contributed by atoms with van der Waals surface area (Å²) in [5, 5.41) is 6.63. The summed E-state index contributed by atoms with van der Waals surface area (Å²) in [7, 11) is 0. The van der Waals surface area contributed by atoms with Gasteiger partial charge in [0.15, 0.2) is 5.96 Å². The van der Waals surface area contributed by atoms with Crippen LogP contribution in [0.3, 0.4) is 0 Å². The summed E-state index contributed by atoms with van der Waals surface area (Å²) in [5.41, 5.74) is 2.10. The third-order valence-electron chi connectivity index (χ3n) is 3.60. The van der Waals surface area contributed by atoms with Crippen LogP contribution < -0.4 is 10.6 Å². The van der Waals surface area contributed by atoms with Crippen LogP contribution in [0, 0.1) is 5.92 Å². The van der Waals surface area contributed by atoms with Crippen molar-refractivity contribution in [2.24, 2.45) is 10.9 Å². The lowest BCUT2D eigenvalue weighted by molar-refractivity contribution is 0.109. The number of nitrogens with one attached hydrogen (secondary N) is 3. The van der Waals surface area contributed by atoms with Crippen LogP contribution in [-0.2, 0) is 11.2 Å². The van der Waals surface area contributed by atoms with Crippen LogP contribution in [0.15, 0.2) is 29.3 Å². The van der Waals surface area contributed by atoms with Gasteiger partial charge in [0.2, 0.25) is 0 Å². The minimum absolute atomic E-state index is 0. The molecule has 0 bridgehead atoms. The van der Waals surface area contributed by atoms with Crippen LogP contribution in [0.4, 0.5) is 0 Å². The van der Waals surface area contributed by atoms with Crippen LogP contribution in [0.25, 0.3) is 11.0 Å². The van der Waals surface area contributed by atoms with E-state index in [2.05, 4.69) is 46.4 Å². The molecule has 146 valence electrons. The maximum absolute atomic E-state index is 5.58. The number of fused-ring (bicyclic) bond motifs is 1. The van der Waals surface area contributed by atoms with E-state index in [9.17, 15) is 0 Å². The quantitative estimate of drug-likeness (QED) is 0.214. The fourth-order valence-corrected chi connectivity index (χ4v) is 2.44. The summed E-state index contributed by atoms with van der Waals surface area (Å²) in [4.78, 5) is 12.5. The molecule has 1 aromatic heterocycles. The summed E-state index contributed by atoms with van der Waals surface area (Å²) in [5.74, 6) is 2.43. The van der Waals surface area contributed by atoms with E-state index in [1.807, 2.05) is 24.3 Å². The smallest absolute Gasteiger partial charge is 0.191 e. The molecule has 0 aliphatic heterocycles. The van der Waals surface area contributed by atoms with Gasteiger partial charge < -0.3 is 20.4 Å². The molecule has 1 heterocycles. The molecule has 0 saturated heterocycles. The molecule has 0 amide bonds. The van der Waals surface area contributed by atoms with E-state index in [-0.39, 0.29) is 24.0 Å². The molecule has 0 spiro atoms. The fraction of sp³-hybridized carbons (Fsp3) is 0.579. The Hall–Kier alpha value is -1.35. The Labute approximate surface area is 173 Å². The Morgan fingerprint density at radius 2 is 2.08 bits per heavy atom. The number of H-pyrrole nitrogens is 1. The number of hydrogen-bond donors (Lipinski definition) is 3. The number of nitrogens with zero attached hydrogens (tertiary/aromatic N) is 2. The average Bonchev–Trinajstić information content (AvgIpc) is 3.00. The van der Waals surface area contributed by atoms with Crippen LogP contribution in [0.2, 0.25) is 0 Å². The molecule has 7 heteroatoms. The molecule has 3 N–H and O–H groups in total. The monoisotopic (exact) mass is 473 g/mol. The van der Waals surface area contributed by atoms with Gasteiger partial charge in [-0.15, -0.1) is 24.0 Å². The second kappa shape index (κ2) is 12.9. The highest BCUT2D eigenvalue weighted by Crippen LogP contribution is 2.10. The molecule has 1 aromatic carbocycles. The lowest BCUT2D eigenvalue weighted by Gasteiger charge is -2.11. The number of benzene rings is 1. The zero-order valence-electron chi connectivity index (χ0n) is 16.0. The lowest BCUT2D eigenvalue weighted by Crippen LogP contribution is -2.38. The van der Waals surface area contributed by atoms with Crippen LogP contribution >= 0.6 is 24.0 Å². The predicted octanol–water partition coefficient (Wildman–Crippen LogP) is 3.34. The number of aromatic amines is 1. The molecular weight excluding hydrogens is 441 g/mol. The van der Waals surface area contributed by atoms with E-state index in [0.717, 1.165) is 68.5 Å². The van der Waals surface area contributed by atoms with Crippen molar-refractivity contribution in [1.82, 2.24) is 20.6 Å².